The summed E-state index contributed by atoms with van der Waals surface area (Å²) in [5.41, 5.74) is 1.22. The molecule has 0 spiro atoms. The third-order valence-electron chi connectivity index (χ3n) is 3.39. The summed E-state index contributed by atoms with van der Waals surface area (Å²) in [6.07, 6.45) is 2.90. The van der Waals surface area contributed by atoms with Crippen molar-refractivity contribution < 1.29 is 23.7 Å². The Kier molecular flexibility index (Phi) is 5.44. The first-order valence-electron chi connectivity index (χ1n) is 7.24. The number of benzene rings is 1. The van der Waals surface area contributed by atoms with Crippen molar-refractivity contribution in [2.45, 2.75) is 38.4 Å². The maximum Gasteiger partial charge on any atom is 0.510 e. The highest BCUT2D eigenvalue weighted by Crippen LogP contribution is 2.34. The zero-order valence-electron chi connectivity index (χ0n) is 12.6. The number of hydrogen-bond acceptors (Lipinski definition) is 5. The number of unbranched alkanes of at least 4 members (excludes halogenated alkanes) is 2. The lowest BCUT2D eigenvalue weighted by Crippen LogP contribution is -2.21. The van der Waals surface area contributed by atoms with E-state index in [1.807, 2.05) is 24.3 Å². The van der Waals surface area contributed by atoms with Crippen molar-refractivity contribution in [1.29, 1.82) is 0 Å². The average Bonchev–Trinajstić information content (AvgIpc) is 3.24. The largest absolute Gasteiger partial charge is 0.510 e. The van der Waals surface area contributed by atoms with Gasteiger partial charge in [0.15, 0.2) is 0 Å². The van der Waals surface area contributed by atoms with Crippen molar-refractivity contribution in [3.63, 3.8) is 0 Å². The minimum Gasteiger partial charge on any atom is -0.494 e. The summed E-state index contributed by atoms with van der Waals surface area (Å²) in [5.74, 6) is 0.168. The van der Waals surface area contributed by atoms with Crippen LogP contribution in [0.25, 0.3) is 0 Å². The van der Waals surface area contributed by atoms with Gasteiger partial charge in [-0.1, -0.05) is 17.7 Å². The van der Waals surface area contributed by atoms with Crippen molar-refractivity contribution in [2.24, 2.45) is 0 Å². The molecule has 1 aliphatic heterocycles. The molecule has 1 saturated heterocycles. The number of aryl methyl sites for hydroxylation is 1. The highest BCUT2D eigenvalue weighted by atomic mass is 16.8. The molecule has 0 amide bonds. The first-order valence-corrected chi connectivity index (χ1v) is 7.24. The molecule has 5 nitrogen and oxygen atoms in total. The Hall–Kier alpha value is -1.75. The van der Waals surface area contributed by atoms with E-state index in [4.69, 9.17) is 14.2 Å². The fraction of sp³-hybridized carbons (Fsp3) is 0.562. The van der Waals surface area contributed by atoms with Gasteiger partial charge in [0.2, 0.25) is 5.79 Å². The maximum atomic E-state index is 11.0. The lowest BCUT2D eigenvalue weighted by atomic mass is 10.1. The predicted octanol–water partition coefficient (Wildman–Crippen LogP) is 3.44. The van der Waals surface area contributed by atoms with Gasteiger partial charge in [-0.3, -0.25) is 0 Å². The van der Waals surface area contributed by atoms with Crippen LogP contribution in [-0.4, -0.2) is 32.3 Å². The molecule has 1 fully saturated rings. The van der Waals surface area contributed by atoms with Crippen LogP contribution in [0.15, 0.2) is 24.3 Å². The third kappa shape index (κ3) is 5.27. The number of hydrogen-bond donors (Lipinski definition) is 0. The Bertz CT molecular complexity index is 450. The van der Waals surface area contributed by atoms with Crippen LogP contribution < -0.4 is 4.74 Å². The summed E-state index contributed by atoms with van der Waals surface area (Å²) in [4.78, 5) is 11.0. The molecule has 0 aromatic heterocycles. The molecular weight excluding hydrogens is 272 g/mol. The van der Waals surface area contributed by atoms with Gasteiger partial charge in [-0.2, -0.15) is 0 Å². The number of methoxy groups -OCH3 is 1. The minimum atomic E-state index is -0.731. The lowest BCUT2D eigenvalue weighted by Gasteiger charge is -2.12. The number of epoxide rings is 1. The van der Waals surface area contributed by atoms with Gasteiger partial charge < -0.3 is 18.9 Å². The van der Waals surface area contributed by atoms with E-state index >= 15 is 0 Å². The third-order valence-corrected chi connectivity index (χ3v) is 3.39. The average molecular weight is 294 g/mol. The van der Waals surface area contributed by atoms with E-state index < -0.39 is 11.9 Å². The van der Waals surface area contributed by atoms with Gasteiger partial charge >= 0.3 is 6.16 Å². The molecule has 0 saturated carbocycles. The number of carbonyl (C=O) groups is 1. The molecule has 1 unspecified atom stereocenters. The lowest BCUT2D eigenvalue weighted by molar-refractivity contribution is -0.0324. The van der Waals surface area contributed by atoms with E-state index in [9.17, 15) is 4.79 Å². The van der Waals surface area contributed by atoms with Gasteiger partial charge in [0.25, 0.3) is 0 Å². The van der Waals surface area contributed by atoms with Crippen molar-refractivity contribution >= 4 is 6.16 Å². The summed E-state index contributed by atoms with van der Waals surface area (Å²) in [6.45, 7) is 3.20. The van der Waals surface area contributed by atoms with Gasteiger partial charge in [0, 0.05) is 6.42 Å². The molecule has 0 radical (unpaired) electrons. The number of ether oxygens (including phenoxy) is 4. The molecule has 0 N–H and O–H groups in total. The van der Waals surface area contributed by atoms with Crippen LogP contribution in [0.5, 0.6) is 5.75 Å². The van der Waals surface area contributed by atoms with E-state index in [0.717, 1.165) is 25.0 Å². The summed E-state index contributed by atoms with van der Waals surface area (Å²) >= 11 is 0. The van der Waals surface area contributed by atoms with Gasteiger partial charge in [0.1, 0.15) is 12.4 Å². The molecule has 1 atom stereocenters. The number of carbonyl (C=O) groups excluding carboxylic acids is 1. The quantitative estimate of drug-likeness (QED) is 0.417. The summed E-state index contributed by atoms with van der Waals surface area (Å²) in [7, 11) is 1.29. The molecule has 2 rings (SSSR count). The first kappa shape index (κ1) is 15.6. The van der Waals surface area contributed by atoms with Crippen molar-refractivity contribution in [1.82, 2.24) is 0 Å². The molecule has 1 heterocycles. The summed E-state index contributed by atoms with van der Waals surface area (Å²) in [5, 5.41) is 0. The monoisotopic (exact) mass is 294 g/mol. The fourth-order valence-corrected chi connectivity index (χ4v) is 2.03. The van der Waals surface area contributed by atoms with Gasteiger partial charge in [0.05, 0.1) is 13.7 Å². The highest BCUT2D eigenvalue weighted by Gasteiger charge is 2.49. The van der Waals surface area contributed by atoms with E-state index in [1.165, 1.54) is 12.7 Å². The molecule has 0 aliphatic carbocycles. The number of rotatable bonds is 8. The predicted molar refractivity (Wildman–Crippen MR) is 77.3 cm³/mol. The molecule has 1 aromatic rings. The van der Waals surface area contributed by atoms with E-state index in [-0.39, 0.29) is 0 Å². The van der Waals surface area contributed by atoms with Gasteiger partial charge in [-0.25, -0.2) is 4.79 Å². The molecule has 1 aromatic carbocycles. The van der Waals surface area contributed by atoms with Crippen LogP contribution in [0.1, 0.15) is 31.2 Å². The molecular formula is C16H22O5. The Labute approximate surface area is 125 Å². The summed E-state index contributed by atoms with van der Waals surface area (Å²) < 4.78 is 20.4. The van der Waals surface area contributed by atoms with Crippen LogP contribution in [0.4, 0.5) is 4.79 Å². The minimum absolute atomic E-state index is 0.460. The van der Waals surface area contributed by atoms with E-state index in [2.05, 4.69) is 11.7 Å². The fourth-order valence-electron chi connectivity index (χ4n) is 2.03. The van der Waals surface area contributed by atoms with Crippen molar-refractivity contribution in [3.8, 4) is 5.75 Å². The first-order chi connectivity index (χ1) is 10.1. The molecule has 1 aliphatic rings. The Morgan fingerprint density at radius 3 is 2.57 bits per heavy atom. The topological polar surface area (TPSA) is 57.3 Å². The Balaban J connectivity index is 1.54. The van der Waals surface area contributed by atoms with Crippen molar-refractivity contribution in [3.05, 3.63) is 29.8 Å². The van der Waals surface area contributed by atoms with Crippen LogP contribution in [0, 0.1) is 6.92 Å². The second kappa shape index (κ2) is 7.31. The normalized spacial score (nSPS) is 19.9. The molecule has 21 heavy (non-hydrogen) atoms. The second-order valence-electron chi connectivity index (χ2n) is 5.23. The highest BCUT2D eigenvalue weighted by molar-refractivity contribution is 5.60. The second-order valence-corrected chi connectivity index (χ2v) is 5.23. The zero-order chi connectivity index (χ0) is 15.1. The SMILES string of the molecule is COC(=O)OC1(CCCCCOc2ccc(C)cc2)CO1. The molecule has 5 heteroatoms. The van der Waals surface area contributed by atoms with Crippen LogP contribution in [0.3, 0.4) is 0 Å². The standard InChI is InChI=1S/C16H22O5/c1-13-6-8-14(9-7-13)19-11-5-3-4-10-16(12-20-16)21-15(17)18-2/h6-9H,3-5,10-12H2,1-2H3. The van der Waals surface area contributed by atoms with E-state index in [0.29, 0.717) is 19.6 Å². The van der Waals surface area contributed by atoms with Gasteiger partial charge in [-0.05, 0) is 38.3 Å². The van der Waals surface area contributed by atoms with Crippen LogP contribution in [-0.2, 0) is 14.2 Å². The Morgan fingerprint density at radius 1 is 1.24 bits per heavy atom. The van der Waals surface area contributed by atoms with E-state index in [1.54, 1.807) is 0 Å². The van der Waals surface area contributed by atoms with Crippen molar-refractivity contribution in [2.75, 3.05) is 20.3 Å². The molecule has 116 valence electrons. The van der Waals surface area contributed by atoms with Crippen LogP contribution >= 0.6 is 0 Å². The maximum absolute atomic E-state index is 11.0. The van der Waals surface area contributed by atoms with Gasteiger partial charge in [-0.15, -0.1) is 0 Å². The Morgan fingerprint density at radius 2 is 1.95 bits per heavy atom. The molecule has 0 bridgehead atoms. The zero-order valence-corrected chi connectivity index (χ0v) is 12.6. The smallest absolute Gasteiger partial charge is 0.494 e. The summed E-state index contributed by atoms with van der Waals surface area (Å²) in [6, 6.07) is 8.03. The van der Waals surface area contributed by atoms with Crippen LogP contribution in [0.2, 0.25) is 0 Å².